The van der Waals surface area contributed by atoms with Crippen LogP contribution in [-0.2, 0) is 0 Å². The summed E-state index contributed by atoms with van der Waals surface area (Å²) in [7, 11) is 0. The Labute approximate surface area is 56.6 Å². The summed E-state index contributed by atoms with van der Waals surface area (Å²) < 4.78 is 0. The molecule has 2 aliphatic carbocycles. The van der Waals surface area contributed by atoms with E-state index in [1.807, 2.05) is 0 Å². The van der Waals surface area contributed by atoms with Crippen molar-refractivity contribution in [2.24, 2.45) is 17.6 Å². The van der Waals surface area contributed by atoms with Crippen LogP contribution in [0.4, 0.5) is 0 Å². The summed E-state index contributed by atoms with van der Waals surface area (Å²) in [6, 6.07) is 0. The summed E-state index contributed by atoms with van der Waals surface area (Å²) in [6.07, 6.45) is 5.57. The highest BCUT2D eigenvalue weighted by Gasteiger charge is 2.45. The van der Waals surface area contributed by atoms with E-state index < -0.39 is 0 Å². The van der Waals surface area contributed by atoms with Crippen LogP contribution in [0.1, 0.15) is 32.6 Å². The van der Waals surface area contributed by atoms with E-state index in [9.17, 15) is 0 Å². The van der Waals surface area contributed by atoms with E-state index in [4.69, 9.17) is 5.73 Å². The van der Waals surface area contributed by atoms with Gasteiger partial charge in [-0.1, -0.05) is 6.42 Å². The van der Waals surface area contributed by atoms with Gasteiger partial charge in [0.05, 0.1) is 0 Å². The van der Waals surface area contributed by atoms with E-state index in [0.29, 0.717) is 0 Å². The second-order valence-corrected chi connectivity index (χ2v) is 4.09. The molecule has 3 atom stereocenters. The van der Waals surface area contributed by atoms with E-state index >= 15 is 0 Å². The van der Waals surface area contributed by atoms with E-state index in [1.165, 1.54) is 25.7 Å². The number of hydrogen-bond acceptors (Lipinski definition) is 1. The van der Waals surface area contributed by atoms with E-state index in [1.54, 1.807) is 0 Å². The summed E-state index contributed by atoms with van der Waals surface area (Å²) in [5, 5.41) is 0. The second-order valence-electron chi connectivity index (χ2n) is 4.09. The zero-order chi connectivity index (χ0) is 6.48. The zero-order valence-electron chi connectivity index (χ0n) is 6.06. The number of hydrogen-bond donors (Lipinski definition) is 1. The van der Waals surface area contributed by atoms with Crippen molar-refractivity contribution in [1.82, 2.24) is 0 Å². The molecule has 2 N–H and O–H groups in total. The van der Waals surface area contributed by atoms with E-state index in [2.05, 4.69) is 6.92 Å². The molecule has 0 aromatic heterocycles. The highest BCUT2D eigenvalue weighted by molar-refractivity contribution is 5.01. The van der Waals surface area contributed by atoms with E-state index in [-0.39, 0.29) is 5.54 Å². The largest absolute Gasteiger partial charge is 0.325 e. The van der Waals surface area contributed by atoms with Crippen LogP contribution < -0.4 is 5.73 Å². The van der Waals surface area contributed by atoms with Gasteiger partial charge in [-0.15, -0.1) is 0 Å². The van der Waals surface area contributed by atoms with Gasteiger partial charge in [0, 0.05) is 5.54 Å². The van der Waals surface area contributed by atoms with Gasteiger partial charge in [-0.25, -0.2) is 0 Å². The van der Waals surface area contributed by atoms with Crippen LogP contribution in [-0.4, -0.2) is 5.54 Å². The highest BCUT2D eigenvalue weighted by atomic mass is 14.8. The summed E-state index contributed by atoms with van der Waals surface area (Å²) in [5.41, 5.74) is 6.27. The third-order valence-corrected chi connectivity index (χ3v) is 3.20. The predicted molar refractivity (Wildman–Crippen MR) is 38.0 cm³/mol. The summed E-state index contributed by atoms with van der Waals surface area (Å²) >= 11 is 0. The van der Waals surface area contributed by atoms with Crippen molar-refractivity contribution in [1.29, 1.82) is 0 Å². The Morgan fingerprint density at radius 2 is 2.22 bits per heavy atom. The SMILES string of the molecule is C[C@@]1(N)C[C@H]2CC[C@@H]1C2. The van der Waals surface area contributed by atoms with Crippen LogP contribution in [0.2, 0.25) is 0 Å². The molecule has 0 aromatic rings. The Kier molecular flexibility index (Phi) is 0.963. The van der Waals surface area contributed by atoms with Crippen LogP contribution >= 0.6 is 0 Å². The molecule has 0 saturated heterocycles. The van der Waals surface area contributed by atoms with Crippen molar-refractivity contribution in [2.75, 3.05) is 0 Å². The van der Waals surface area contributed by atoms with Gasteiger partial charge >= 0.3 is 0 Å². The maximum absolute atomic E-state index is 6.06. The third kappa shape index (κ3) is 0.710. The predicted octanol–water partition coefficient (Wildman–Crippen LogP) is 1.52. The van der Waals surface area contributed by atoms with Gasteiger partial charge in [0.1, 0.15) is 0 Å². The number of fused-ring (bicyclic) bond motifs is 2. The first kappa shape index (κ1) is 5.72. The van der Waals surface area contributed by atoms with Gasteiger partial charge in [0.15, 0.2) is 0 Å². The van der Waals surface area contributed by atoms with Gasteiger partial charge in [-0.2, -0.15) is 0 Å². The molecular formula is C8H15N. The average Bonchev–Trinajstić information content (AvgIpc) is 2.19. The minimum atomic E-state index is 0.211. The van der Waals surface area contributed by atoms with Crippen molar-refractivity contribution in [3.8, 4) is 0 Å². The first-order chi connectivity index (χ1) is 4.18. The molecule has 0 spiro atoms. The molecule has 9 heavy (non-hydrogen) atoms. The normalized spacial score (nSPS) is 56.7. The van der Waals surface area contributed by atoms with Crippen molar-refractivity contribution < 1.29 is 0 Å². The Balaban J connectivity index is 2.18. The van der Waals surface area contributed by atoms with Gasteiger partial charge in [-0.05, 0) is 38.0 Å². The molecule has 2 saturated carbocycles. The fraction of sp³-hybridized carbons (Fsp3) is 1.00. The van der Waals surface area contributed by atoms with Crippen LogP contribution in [0.15, 0.2) is 0 Å². The Morgan fingerprint density at radius 1 is 1.44 bits per heavy atom. The Bertz CT molecular complexity index is 129. The lowest BCUT2D eigenvalue weighted by Gasteiger charge is -2.29. The number of rotatable bonds is 0. The average molecular weight is 125 g/mol. The molecule has 52 valence electrons. The topological polar surface area (TPSA) is 26.0 Å². The lowest BCUT2D eigenvalue weighted by molar-refractivity contribution is 0.297. The molecule has 2 rings (SSSR count). The molecule has 0 amide bonds. The van der Waals surface area contributed by atoms with Crippen molar-refractivity contribution >= 4 is 0 Å². The maximum atomic E-state index is 6.06. The van der Waals surface area contributed by atoms with Gasteiger partial charge in [0.25, 0.3) is 0 Å². The summed E-state index contributed by atoms with van der Waals surface area (Å²) in [5.74, 6) is 1.85. The van der Waals surface area contributed by atoms with Gasteiger partial charge < -0.3 is 5.73 Å². The number of nitrogens with two attached hydrogens (primary N) is 1. The van der Waals surface area contributed by atoms with Gasteiger partial charge in [-0.3, -0.25) is 0 Å². The minimum absolute atomic E-state index is 0.211. The van der Waals surface area contributed by atoms with Gasteiger partial charge in [0.2, 0.25) is 0 Å². The summed E-state index contributed by atoms with van der Waals surface area (Å²) in [4.78, 5) is 0. The molecule has 1 heteroatoms. The first-order valence-electron chi connectivity index (χ1n) is 3.97. The molecule has 2 aliphatic rings. The smallest absolute Gasteiger partial charge is 0.0157 e. The Hall–Kier alpha value is -0.0400. The fourth-order valence-corrected chi connectivity index (χ4v) is 2.65. The standard InChI is InChI=1S/C8H15N/c1-8(9)5-6-2-3-7(8)4-6/h6-7H,2-5,9H2,1H3/t6-,7+,8+/m0/s1. The van der Waals surface area contributed by atoms with Crippen LogP contribution in [0, 0.1) is 11.8 Å². The molecule has 0 aromatic carbocycles. The molecule has 1 nitrogen and oxygen atoms in total. The molecule has 0 heterocycles. The van der Waals surface area contributed by atoms with Crippen LogP contribution in [0.25, 0.3) is 0 Å². The van der Waals surface area contributed by atoms with Crippen LogP contribution in [0.3, 0.4) is 0 Å². The quantitative estimate of drug-likeness (QED) is 0.522. The highest BCUT2D eigenvalue weighted by Crippen LogP contribution is 2.49. The zero-order valence-corrected chi connectivity index (χ0v) is 6.06. The van der Waals surface area contributed by atoms with Crippen molar-refractivity contribution in [3.63, 3.8) is 0 Å². The molecule has 0 radical (unpaired) electrons. The third-order valence-electron chi connectivity index (χ3n) is 3.20. The minimum Gasteiger partial charge on any atom is -0.325 e. The van der Waals surface area contributed by atoms with Crippen LogP contribution in [0.5, 0.6) is 0 Å². The monoisotopic (exact) mass is 125 g/mol. The second kappa shape index (κ2) is 1.51. The molecule has 0 aliphatic heterocycles. The lowest BCUT2D eigenvalue weighted by atomic mass is 9.84. The lowest BCUT2D eigenvalue weighted by Crippen LogP contribution is -2.41. The molecule has 0 unspecified atom stereocenters. The Morgan fingerprint density at radius 3 is 2.44 bits per heavy atom. The molecular weight excluding hydrogens is 110 g/mol. The maximum Gasteiger partial charge on any atom is 0.0157 e. The van der Waals surface area contributed by atoms with E-state index in [0.717, 1.165) is 11.8 Å². The fourth-order valence-electron chi connectivity index (χ4n) is 2.65. The summed E-state index contributed by atoms with van der Waals surface area (Å²) in [6.45, 7) is 2.22. The van der Waals surface area contributed by atoms with Crippen molar-refractivity contribution in [2.45, 2.75) is 38.1 Å². The molecule has 2 fully saturated rings. The first-order valence-corrected chi connectivity index (χ1v) is 3.97. The molecule has 2 bridgehead atoms. The van der Waals surface area contributed by atoms with Crippen molar-refractivity contribution in [3.05, 3.63) is 0 Å².